The molecule has 1 atom stereocenters. The molecule has 1 amide bonds. The molecule has 0 aliphatic carbocycles. The van der Waals surface area contributed by atoms with E-state index in [-0.39, 0.29) is 11.9 Å². The van der Waals surface area contributed by atoms with Gasteiger partial charge in [0, 0.05) is 18.9 Å². The number of thiocarbonyl (C=S) groups is 1. The van der Waals surface area contributed by atoms with Gasteiger partial charge in [-0.2, -0.15) is 0 Å². The molecular weight excluding hydrogens is 280 g/mol. The third-order valence-electron chi connectivity index (χ3n) is 3.81. The summed E-state index contributed by atoms with van der Waals surface area (Å²) in [7, 11) is 0. The van der Waals surface area contributed by atoms with Gasteiger partial charge in [-0.3, -0.25) is 4.79 Å². The molecular formula is C17H34N2OS. The van der Waals surface area contributed by atoms with Gasteiger partial charge >= 0.3 is 0 Å². The number of nitrogens with two attached hydrogens (primary N) is 1. The summed E-state index contributed by atoms with van der Waals surface area (Å²) < 4.78 is 0. The second-order valence-corrected chi connectivity index (χ2v) is 6.45. The summed E-state index contributed by atoms with van der Waals surface area (Å²) >= 11 is 4.89. The van der Waals surface area contributed by atoms with E-state index in [1.54, 1.807) is 0 Å². The van der Waals surface area contributed by atoms with Crippen LogP contribution in [0, 0.1) is 0 Å². The Kier molecular flexibility index (Phi) is 13.9. The van der Waals surface area contributed by atoms with Gasteiger partial charge < -0.3 is 11.1 Å². The Hall–Kier alpha value is -0.640. The van der Waals surface area contributed by atoms with Gasteiger partial charge in [-0.1, -0.05) is 77.4 Å². The molecule has 1 unspecified atom stereocenters. The van der Waals surface area contributed by atoms with Gasteiger partial charge in [-0.15, -0.1) is 0 Å². The Morgan fingerprint density at radius 1 is 1.00 bits per heavy atom. The van der Waals surface area contributed by atoms with E-state index in [4.69, 9.17) is 18.0 Å². The summed E-state index contributed by atoms with van der Waals surface area (Å²) in [6, 6.07) is 0.105. The van der Waals surface area contributed by atoms with Crippen LogP contribution in [0.15, 0.2) is 0 Å². The van der Waals surface area contributed by atoms with Crippen LogP contribution >= 0.6 is 12.2 Å². The number of nitrogens with one attached hydrogen (secondary N) is 1. The van der Waals surface area contributed by atoms with E-state index in [1.807, 2.05) is 6.92 Å². The van der Waals surface area contributed by atoms with Crippen molar-refractivity contribution in [1.29, 1.82) is 0 Å². The number of unbranched alkanes of at least 4 members (excludes halogenated alkanes) is 8. The maximum atomic E-state index is 11.8. The molecule has 0 heterocycles. The van der Waals surface area contributed by atoms with Gasteiger partial charge in [0.25, 0.3) is 0 Å². The van der Waals surface area contributed by atoms with Crippen LogP contribution in [0.3, 0.4) is 0 Å². The van der Waals surface area contributed by atoms with Crippen LogP contribution in [-0.4, -0.2) is 16.9 Å². The minimum Gasteiger partial charge on any atom is -0.393 e. The first-order chi connectivity index (χ1) is 10.1. The van der Waals surface area contributed by atoms with Crippen molar-refractivity contribution in [1.82, 2.24) is 5.32 Å². The maximum Gasteiger partial charge on any atom is 0.220 e. The van der Waals surface area contributed by atoms with E-state index in [0.29, 0.717) is 17.8 Å². The first kappa shape index (κ1) is 20.4. The fourth-order valence-corrected chi connectivity index (χ4v) is 2.64. The zero-order chi connectivity index (χ0) is 15.9. The molecule has 124 valence electrons. The first-order valence-corrected chi connectivity index (χ1v) is 9.08. The zero-order valence-electron chi connectivity index (χ0n) is 14.0. The van der Waals surface area contributed by atoms with Gasteiger partial charge in [-0.05, 0) is 12.8 Å². The molecule has 0 aliphatic rings. The normalized spacial score (nSPS) is 12.1. The lowest BCUT2D eigenvalue weighted by molar-refractivity contribution is -0.121. The molecule has 3 N–H and O–H groups in total. The van der Waals surface area contributed by atoms with Crippen molar-refractivity contribution < 1.29 is 4.79 Å². The van der Waals surface area contributed by atoms with Crippen molar-refractivity contribution in [3.8, 4) is 0 Å². The molecule has 0 radical (unpaired) electrons. The minimum atomic E-state index is 0.105. The molecule has 0 saturated carbocycles. The van der Waals surface area contributed by atoms with Crippen LogP contribution in [0.1, 0.15) is 90.9 Å². The number of carbonyl (C=O) groups is 1. The fourth-order valence-electron chi connectivity index (χ4n) is 2.44. The van der Waals surface area contributed by atoms with Gasteiger partial charge in [0.15, 0.2) is 0 Å². The van der Waals surface area contributed by atoms with Gasteiger partial charge in [0.1, 0.15) is 0 Å². The quantitative estimate of drug-likeness (QED) is 0.367. The maximum absolute atomic E-state index is 11.8. The topological polar surface area (TPSA) is 55.1 Å². The second-order valence-electron chi connectivity index (χ2n) is 5.92. The molecule has 0 fully saturated rings. The van der Waals surface area contributed by atoms with Crippen LogP contribution in [0.2, 0.25) is 0 Å². The Balaban J connectivity index is 3.46. The minimum absolute atomic E-state index is 0.105. The molecule has 0 saturated heterocycles. The number of hydrogen-bond acceptors (Lipinski definition) is 2. The highest BCUT2D eigenvalue weighted by atomic mass is 32.1. The summed E-state index contributed by atoms with van der Waals surface area (Å²) in [6.07, 6.45) is 13.6. The molecule has 0 aliphatic heterocycles. The van der Waals surface area contributed by atoms with E-state index in [2.05, 4.69) is 12.2 Å². The largest absolute Gasteiger partial charge is 0.393 e. The molecule has 0 aromatic heterocycles. The zero-order valence-corrected chi connectivity index (χ0v) is 14.8. The summed E-state index contributed by atoms with van der Waals surface area (Å²) in [6.45, 7) is 4.29. The Labute approximate surface area is 136 Å². The SMILES string of the molecule is CCCCCCCCCCCC(=O)NC(CC)CC(N)=S. The highest BCUT2D eigenvalue weighted by molar-refractivity contribution is 7.80. The number of amides is 1. The summed E-state index contributed by atoms with van der Waals surface area (Å²) in [5.74, 6) is 0.140. The molecule has 0 spiro atoms. The van der Waals surface area contributed by atoms with Gasteiger partial charge in [0.2, 0.25) is 5.91 Å². The van der Waals surface area contributed by atoms with Gasteiger partial charge in [-0.25, -0.2) is 0 Å². The highest BCUT2D eigenvalue weighted by Crippen LogP contribution is 2.10. The predicted molar refractivity (Wildman–Crippen MR) is 95.5 cm³/mol. The lowest BCUT2D eigenvalue weighted by Gasteiger charge is -2.16. The number of carbonyl (C=O) groups excluding carboxylic acids is 1. The van der Waals surface area contributed by atoms with E-state index in [9.17, 15) is 4.79 Å². The van der Waals surface area contributed by atoms with Gasteiger partial charge in [0.05, 0.1) is 4.99 Å². The molecule has 0 rings (SSSR count). The van der Waals surface area contributed by atoms with Crippen LogP contribution in [0.5, 0.6) is 0 Å². The van der Waals surface area contributed by atoms with E-state index in [1.165, 1.54) is 44.9 Å². The summed E-state index contributed by atoms with van der Waals surface area (Å²) in [5.41, 5.74) is 5.52. The third-order valence-corrected chi connectivity index (χ3v) is 3.98. The van der Waals surface area contributed by atoms with Crippen molar-refractivity contribution in [3.63, 3.8) is 0 Å². The monoisotopic (exact) mass is 314 g/mol. The van der Waals surface area contributed by atoms with Crippen molar-refractivity contribution in [2.24, 2.45) is 5.73 Å². The fraction of sp³-hybridized carbons (Fsp3) is 0.882. The van der Waals surface area contributed by atoms with Crippen LogP contribution in [0.4, 0.5) is 0 Å². The predicted octanol–water partition coefficient (Wildman–Crippen LogP) is 4.48. The molecule has 0 aromatic rings. The Morgan fingerprint density at radius 2 is 1.52 bits per heavy atom. The lowest BCUT2D eigenvalue weighted by atomic mass is 10.1. The number of rotatable bonds is 14. The van der Waals surface area contributed by atoms with Crippen molar-refractivity contribution in [2.75, 3.05) is 0 Å². The first-order valence-electron chi connectivity index (χ1n) is 8.67. The molecule has 3 nitrogen and oxygen atoms in total. The van der Waals surface area contributed by atoms with Crippen LogP contribution in [0.25, 0.3) is 0 Å². The lowest BCUT2D eigenvalue weighted by Crippen LogP contribution is -2.36. The van der Waals surface area contributed by atoms with Crippen LogP contribution in [-0.2, 0) is 4.79 Å². The Morgan fingerprint density at radius 3 is 2.00 bits per heavy atom. The molecule has 0 bridgehead atoms. The third kappa shape index (κ3) is 14.1. The molecule has 0 aromatic carbocycles. The Bertz CT molecular complexity index is 282. The van der Waals surface area contributed by atoms with E-state index < -0.39 is 0 Å². The van der Waals surface area contributed by atoms with Crippen LogP contribution < -0.4 is 11.1 Å². The van der Waals surface area contributed by atoms with Crippen molar-refractivity contribution in [3.05, 3.63) is 0 Å². The summed E-state index contributed by atoms with van der Waals surface area (Å²) in [5, 5.41) is 3.02. The van der Waals surface area contributed by atoms with E-state index >= 15 is 0 Å². The van der Waals surface area contributed by atoms with Crippen molar-refractivity contribution in [2.45, 2.75) is 96.9 Å². The van der Waals surface area contributed by atoms with Crippen molar-refractivity contribution >= 4 is 23.1 Å². The smallest absolute Gasteiger partial charge is 0.220 e. The number of hydrogen-bond donors (Lipinski definition) is 2. The molecule has 4 heteroatoms. The highest BCUT2D eigenvalue weighted by Gasteiger charge is 2.10. The second kappa shape index (κ2) is 14.3. The standard InChI is InChI=1S/C17H34N2OS/c1-3-5-6-7-8-9-10-11-12-13-17(20)19-15(4-2)14-16(18)21/h15H,3-14H2,1-2H3,(H2,18,21)(H,19,20). The van der Waals surface area contributed by atoms with E-state index in [0.717, 1.165) is 19.3 Å². The average molecular weight is 315 g/mol. The average Bonchev–Trinajstić information content (AvgIpc) is 2.44. The summed E-state index contributed by atoms with van der Waals surface area (Å²) in [4.78, 5) is 12.3. The molecule has 21 heavy (non-hydrogen) atoms.